The predicted octanol–water partition coefficient (Wildman–Crippen LogP) is 5.95. The molecule has 2 aromatic heterocycles. The molecule has 0 saturated carbocycles. The van der Waals surface area contributed by atoms with Gasteiger partial charge in [0.25, 0.3) is 0 Å². The zero-order chi connectivity index (χ0) is 24.4. The third-order valence-corrected chi connectivity index (χ3v) is 6.41. The number of ether oxygens (including phenoxy) is 3. The first-order valence-electron chi connectivity index (χ1n) is 11.4. The molecule has 178 valence electrons. The van der Waals surface area contributed by atoms with Crippen molar-refractivity contribution in [1.29, 1.82) is 0 Å². The summed E-state index contributed by atoms with van der Waals surface area (Å²) < 4.78 is 27.4. The molecule has 0 N–H and O–H groups in total. The Morgan fingerprint density at radius 1 is 0.914 bits per heavy atom. The SMILES string of the molecule is CCOC(=O)c1c(-c2ccc(OC)cc2)c2cc(OCC)ccc2n1Cc1ccc2nsnc2c1. The van der Waals surface area contributed by atoms with E-state index in [1.807, 2.05) is 79.1 Å². The van der Waals surface area contributed by atoms with Crippen molar-refractivity contribution in [3.8, 4) is 22.6 Å². The van der Waals surface area contributed by atoms with Gasteiger partial charge in [0.05, 0.1) is 32.1 Å². The molecule has 0 radical (unpaired) electrons. The number of hydrogen-bond donors (Lipinski definition) is 0. The second-order valence-corrected chi connectivity index (χ2v) is 8.49. The molecule has 5 rings (SSSR count). The Balaban J connectivity index is 1.76. The second kappa shape index (κ2) is 9.76. The summed E-state index contributed by atoms with van der Waals surface area (Å²) in [5, 5.41) is 0.917. The summed E-state index contributed by atoms with van der Waals surface area (Å²) in [5.74, 6) is 1.12. The maximum atomic E-state index is 13.4. The van der Waals surface area contributed by atoms with Gasteiger partial charge in [-0.15, -0.1) is 0 Å². The monoisotopic (exact) mass is 487 g/mol. The fraction of sp³-hybridized carbons (Fsp3) is 0.222. The number of hydrogen-bond acceptors (Lipinski definition) is 7. The Hall–Kier alpha value is -3.91. The van der Waals surface area contributed by atoms with E-state index in [1.54, 1.807) is 7.11 Å². The first kappa shape index (κ1) is 22.9. The highest BCUT2D eigenvalue weighted by Crippen LogP contribution is 2.38. The van der Waals surface area contributed by atoms with Gasteiger partial charge in [0.2, 0.25) is 0 Å². The van der Waals surface area contributed by atoms with Crippen LogP contribution >= 0.6 is 11.7 Å². The largest absolute Gasteiger partial charge is 0.497 e. The first-order chi connectivity index (χ1) is 17.1. The first-order valence-corrected chi connectivity index (χ1v) is 12.2. The van der Waals surface area contributed by atoms with E-state index < -0.39 is 0 Å². The molecule has 0 aliphatic heterocycles. The summed E-state index contributed by atoms with van der Waals surface area (Å²) in [6.07, 6.45) is 0. The lowest BCUT2D eigenvalue weighted by Gasteiger charge is -2.12. The molecule has 0 aliphatic rings. The van der Waals surface area contributed by atoms with Crippen molar-refractivity contribution in [3.05, 3.63) is 71.9 Å². The lowest BCUT2D eigenvalue weighted by atomic mass is 10.0. The summed E-state index contributed by atoms with van der Waals surface area (Å²) in [6.45, 7) is 5.07. The fourth-order valence-corrected chi connectivity index (χ4v) is 4.84. The van der Waals surface area contributed by atoms with Crippen molar-refractivity contribution >= 4 is 39.6 Å². The summed E-state index contributed by atoms with van der Waals surface area (Å²) in [6, 6.07) is 19.6. The van der Waals surface area contributed by atoms with Gasteiger partial charge in [0.1, 0.15) is 28.2 Å². The van der Waals surface area contributed by atoms with Crippen LogP contribution in [0.4, 0.5) is 0 Å². The number of aromatic nitrogens is 3. The Labute approximate surface area is 207 Å². The van der Waals surface area contributed by atoms with Gasteiger partial charge in [-0.05, 0) is 67.4 Å². The Kier molecular flexibility index (Phi) is 6.37. The van der Waals surface area contributed by atoms with Gasteiger partial charge < -0.3 is 18.8 Å². The molecule has 0 aliphatic carbocycles. The molecule has 0 fully saturated rings. The molecule has 2 heterocycles. The third kappa shape index (κ3) is 4.33. The Morgan fingerprint density at radius 3 is 2.43 bits per heavy atom. The maximum Gasteiger partial charge on any atom is 0.355 e. The predicted molar refractivity (Wildman–Crippen MR) is 138 cm³/mol. The molecule has 0 spiro atoms. The number of nitrogens with zero attached hydrogens (tertiary/aromatic N) is 3. The lowest BCUT2D eigenvalue weighted by molar-refractivity contribution is 0.0516. The normalized spacial score (nSPS) is 11.2. The zero-order valence-corrected chi connectivity index (χ0v) is 20.6. The average molecular weight is 488 g/mol. The van der Waals surface area contributed by atoms with Crippen LogP contribution in [0.1, 0.15) is 29.9 Å². The lowest BCUT2D eigenvalue weighted by Crippen LogP contribution is -2.14. The summed E-state index contributed by atoms with van der Waals surface area (Å²) >= 11 is 1.19. The number of benzene rings is 3. The van der Waals surface area contributed by atoms with Crippen molar-refractivity contribution in [2.45, 2.75) is 20.4 Å². The van der Waals surface area contributed by atoms with Crippen LogP contribution in [0.3, 0.4) is 0 Å². The van der Waals surface area contributed by atoms with E-state index in [0.717, 1.165) is 50.1 Å². The van der Waals surface area contributed by atoms with Crippen molar-refractivity contribution < 1.29 is 19.0 Å². The molecule has 8 heteroatoms. The molecular weight excluding hydrogens is 462 g/mol. The van der Waals surface area contributed by atoms with Gasteiger partial charge in [0, 0.05) is 23.0 Å². The summed E-state index contributed by atoms with van der Waals surface area (Å²) in [4.78, 5) is 13.4. The Morgan fingerprint density at radius 2 is 1.69 bits per heavy atom. The number of esters is 1. The molecule has 0 amide bonds. The molecule has 0 atom stereocenters. The van der Waals surface area contributed by atoms with Crippen molar-refractivity contribution in [3.63, 3.8) is 0 Å². The molecule has 3 aromatic carbocycles. The minimum absolute atomic E-state index is 0.281. The van der Waals surface area contributed by atoms with Gasteiger partial charge in [-0.1, -0.05) is 18.2 Å². The summed E-state index contributed by atoms with van der Waals surface area (Å²) in [7, 11) is 1.63. The number of carbonyl (C=O) groups excluding carboxylic acids is 1. The quantitative estimate of drug-likeness (QED) is 0.252. The fourth-order valence-electron chi connectivity index (χ4n) is 4.32. The second-order valence-electron chi connectivity index (χ2n) is 7.96. The summed E-state index contributed by atoms with van der Waals surface area (Å²) in [5.41, 5.74) is 5.83. The van der Waals surface area contributed by atoms with E-state index in [2.05, 4.69) is 8.75 Å². The van der Waals surface area contributed by atoms with Gasteiger partial charge in [-0.3, -0.25) is 0 Å². The van der Waals surface area contributed by atoms with E-state index in [-0.39, 0.29) is 12.6 Å². The number of methoxy groups -OCH3 is 1. The van der Waals surface area contributed by atoms with Crippen LogP contribution in [0, 0.1) is 0 Å². The number of carbonyl (C=O) groups is 1. The van der Waals surface area contributed by atoms with Crippen LogP contribution in [0.2, 0.25) is 0 Å². The van der Waals surface area contributed by atoms with Crippen LogP contribution < -0.4 is 9.47 Å². The Bertz CT molecular complexity index is 1500. The minimum atomic E-state index is -0.371. The van der Waals surface area contributed by atoms with E-state index >= 15 is 0 Å². The standard InChI is InChI=1S/C27H25N3O4S/c1-4-33-20-11-13-24-21(15-20)25(18-7-9-19(32-3)10-8-18)26(27(31)34-5-2)30(24)16-17-6-12-22-23(14-17)29-35-28-22/h6-15H,4-5,16H2,1-3H3. The van der Waals surface area contributed by atoms with E-state index in [0.29, 0.717) is 18.8 Å². The average Bonchev–Trinajstić information content (AvgIpc) is 3.46. The third-order valence-electron chi connectivity index (χ3n) is 5.85. The van der Waals surface area contributed by atoms with Gasteiger partial charge >= 0.3 is 5.97 Å². The topological polar surface area (TPSA) is 75.5 Å². The van der Waals surface area contributed by atoms with Gasteiger partial charge in [0.15, 0.2) is 0 Å². The van der Waals surface area contributed by atoms with Crippen LogP contribution in [-0.2, 0) is 11.3 Å². The van der Waals surface area contributed by atoms with E-state index in [9.17, 15) is 4.79 Å². The number of rotatable bonds is 8. The molecular formula is C27H25N3O4S. The maximum absolute atomic E-state index is 13.4. The van der Waals surface area contributed by atoms with Crippen LogP contribution in [-0.4, -0.2) is 39.6 Å². The van der Waals surface area contributed by atoms with Crippen molar-refractivity contribution in [1.82, 2.24) is 13.3 Å². The number of fused-ring (bicyclic) bond motifs is 2. The molecule has 0 unspecified atom stereocenters. The van der Waals surface area contributed by atoms with Crippen LogP contribution in [0.25, 0.3) is 33.1 Å². The molecule has 0 saturated heterocycles. The van der Waals surface area contributed by atoms with Crippen molar-refractivity contribution in [2.24, 2.45) is 0 Å². The van der Waals surface area contributed by atoms with E-state index in [1.165, 1.54) is 11.7 Å². The van der Waals surface area contributed by atoms with Gasteiger partial charge in [-0.2, -0.15) is 8.75 Å². The van der Waals surface area contributed by atoms with Crippen LogP contribution in [0.15, 0.2) is 60.7 Å². The highest BCUT2D eigenvalue weighted by Gasteiger charge is 2.26. The van der Waals surface area contributed by atoms with Gasteiger partial charge in [-0.25, -0.2) is 4.79 Å². The molecule has 7 nitrogen and oxygen atoms in total. The van der Waals surface area contributed by atoms with Crippen molar-refractivity contribution in [2.75, 3.05) is 20.3 Å². The highest BCUT2D eigenvalue weighted by atomic mass is 32.1. The highest BCUT2D eigenvalue weighted by molar-refractivity contribution is 7.00. The molecule has 5 aromatic rings. The smallest absolute Gasteiger partial charge is 0.355 e. The molecule has 35 heavy (non-hydrogen) atoms. The van der Waals surface area contributed by atoms with E-state index in [4.69, 9.17) is 14.2 Å². The van der Waals surface area contributed by atoms with Crippen LogP contribution in [0.5, 0.6) is 11.5 Å². The molecule has 0 bridgehead atoms. The zero-order valence-electron chi connectivity index (χ0n) is 19.8. The minimum Gasteiger partial charge on any atom is -0.497 e.